The normalized spacial score (nSPS) is 23.4. The second kappa shape index (κ2) is 4.63. The topological polar surface area (TPSA) is 55.0 Å². The van der Waals surface area contributed by atoms with Crippen LogP contribution in [0.4, 0.5) is 11.8 Å². The van der Waals surface area contributed by atoms with E-state index in [0.29, 0.717) is 17.9 Å². The number of nitrogen functional groups attached to an aromatic ring is 1. The zero-order chi connectivity index (χ0) is 13.6. The lowest BCUT2D eigenvalue weighted by Gasteiger charge is -2.23. The minimum Gasteiger partial charge on any atom is -0.368 e. The van der Waals surface area contributed by atoms with Gasteiger partial charge in [0.25, 0.3) is 0 Å². The summed E-state index contributed by atoms with van der Waals surface area (Å²) in [5.41, 5.74) is 5.88. The Bertz CT molecular complexity index is 607. The molecule has 2 atom stereocenters. The quantitative estimate of drug-likeness (QED) is 0.916. The molecule has 1 saturated heterocycles. The van der Waals surface area contributed by atoms with Crippen LogP contribution >= 0.6 is 11.3 Å². The fourth-order valence-electron chi connectivity index (χ4n) is 2.96. The molecule has 0 amide bonds. The highest BCUT2D eigenvalue weighted by Crippen LogP contribution is 2.36. The molecule has 4 nitrogen and oxygen atoms in total. The first-order valence-electron chi connectivity index (χ1n) is 6.91. The molecular formula is C14H20N4S. The van der Waals surface area contributed by atoms with Gasteiger partial charge >= 0.3 is 0 Å². The van der Waals surface area contributed by atoms with Crippen molar-refractivity contribution in [2.75, 3.05) is 17.2 Å². The van der Waals surface area contributed by atoms with Crippen LogP contribution in [0.5, 0.6) is 0 Å². The Hall–Kier alpha value is -1.36. The average molecular weight is 276 g/mol. The number of aromatic nitrogens is 2. The van der Waals surface area contributed by atoms with E-state index in [2.05, 4.69) is 41.7 Å². The molecule has 3 rings (SSSR count). The van der Waals surface area contributed by atoms with Crippen molar-refractivity contribution >= 4 is 33.3 Å². The van der Waals surface area contributed by atoms with Gasteiger partial charge in [-0.1, -0.05) is 13.8 Å². The first-order chi connectivity index (χ1) is 9.08. The van der Waals surface area contributed by atoms with Gasteiger partial charge in [0.2, 0.25) is 5.95 Å². The van der Waals surface area contributed by atoms with Crippen LogP contribution < -0.4 is 10.6 Å². The standard InChI is InChI=1S/C14H20N4S/c1-4-10-6-11-12(16-14(15)17-13(11)19-10)18-7-8(2)5-9(18)3/h6,8-9H,4-5,7H2,1-3H3,(H2,15,16,17). The van der Waals surface area contributed by atoms with Crippen molar-refractivity contribution in [1.82, 2.24) is 9.97 Å². The average Bonchev–Trinajstić information content (AvgIpc) is 2.91. The number of fused-ring (bicyclic) bond motifs is 1. The fourth-order valence-corrected chi connectivity index (χ4v) is 3.93. The van der Waals surface area contributed by atoms with Gasteiger partial charge in [0.1, 0.15) is 10.6 Å². The highest BCUT2D eigenvalue weighted by molar-refractivity contribution is 7.18. The Morgan fingerprint density at radius 3 is 2.84 bits per heavy atom. The van der Waals surface area contributed by atoms with E-state index in [-0.39, 0.29) is 0 Å². The van der Waals surface area contributed by atoms with E-state index in [1.807, 2.05) is 0 Å². The summed E-state index contributed by atoms with van der Waals surface area (Å²) in [6, 6.07) is 2.75. The predicted molar refractivity (Wildman–Crippen MR) is 81.8 cm³/mol. The molecule has 0 aromatic carbocycles. The van der Waals surface area contributed by atoms with Gasteiger partial charge < -0.3 is 10.6 Å². The Balaban J connectivity index is 2.14. The number of nitrogens with zero attached hydrogens (tertiary/aromatic N) is 3. The summed E-state index contributed by atoms with van der Waals surface area (Å²) in [5, 5.41) is 1.16. The largest absolute Gasteiger partial charge is 0.368 e. The van der Waals surface area contributed by atoms with Gasteiger partial charge in [0.05, 0.1) is 5.39 Å². The van der Waals surface area contributed by atoms with Crippen LogP contribution in [0.3, 0.4) is 0 Å². The van der Waals surface area contributed by atoms with E-state index in [1.54, 1.807) is 11.3 Å². The summed E-state index contributed by atoms with van der Waals surface area (Å²) >= 11 is 1.73. The third kappa shape index (κ3) is 2.16. The fraction of sp³-hybridized carbons (Fsp3) is 0.571. The van der Waals surface area contributed by atoms with Crippen molar-refractivity contribution in [3.63, 3.8) is 0 Å². The SMILES string of the molecule is CCc1cc2c(N3CC(C)CC3C)nc(N)nc2s1. The second-order valence-electron chi connectivity index (χ2n) is 5.53. The first kappa shape index (κ1) is 12.7. The van der Waals surface area contributed by atoms with Crippen molar-refractivity contribution in [3.8, 4) is 0 Å². The molecular weight excluding hydrogens is 256 g/mol. The Labute approximate surface area is 117 Å². The lowest BCUT2D eigenvalue weighted by Crippen LogP contribution is -2.28. The lowest BCUT2D eigenvalue weighted by molar-refractivity contribution is 0.625. The summed E-state index contributed by atoms with van der Waals surface area (Å²) in [5.74, 6) is 2.12. The highest BCUT2D eigenvalue weighted by Gasteiger charge is 2.29. The van der Waals surface area contributed by atoms with Crippen LogP contribution in [-0.4, -0.2) is 22.6 Å². The van der Waals surface area contributed by atoms with Crippen molar-refractivity contribution in [2.24, 2.45) is 5.92 Å². The molecule has 1 aliphatic heterocycles. The first-order valence-corrected chi connectivity index (χ1v) is 7.72. The highest BCUT2D eigenvalue weighted by atomic mass is 32.1. The van der Waals surface area contributed by atoms with Crippen molar-refractivity contribution in [3.05, 3.63) is 10.9 Å². The van der Waals surface area contributed by atoms with Gasteiger partial charge in [-0.05, 0) is 31.7 Å². The number of rotatable bonds is 2. The molecule has 0 saturated carbocycles. The van der Waals surface area contributed by atoms with E-state index in [9.17, 15) is 0 Å². The van der Waals surface area contributed by atoms with Crippen molar-refractivity contribution in [2.45, 2.75) is 39.7 Å². The van der Waals surface area contributed by atoms with E-state index in [0.717, 1.165) is 29.0 Å². The smallest absolute Gasteiger partial charge is 0.223 e. The number of nitrogens with two attached hydrogens (primary N) is 1. The maximum Gasteiger partial charge on any atom is 0.223 e. The van der Waals surface area contributed by atoms with E-state index < -0.39 is 0 Å². The summed E-state index contributed by atoms with van der Waals surface area (Å²) in [6.45, 7) is 7.79. The number of hydrogen-bond donors (Lipinski definition) is 1. The molecule has 2 N–H and O–H groups in total. The molecule has 5 heteroatoms. The molecule has 102 valence electrons. The summed E-state index contributed by atoms with van der Waals surface area (Å²) < 4.78 is 0. The van der Waals surface area contributed by atoms with Gasteiger partial charge in [-0.3, -0.25) is 0 Å². The molecule has 3 heterocycles. The molecule has 19 heavy (non-hydrogen) atoms. The van der Waals surface area contributed by atoms with Gasteiger partial charge in [-0.25, -0.2) is 4.98 Å². The minimum atomic E-state index is 0.388. The summed E-state index contributed by atoms with van der Waals surface area (Å²) in [6.07, 6.45) is 2.25. The monoisotopic (exact) mass is 276 g/mol. The van der Waals surface area contributed by atoms with Crippen LogP contribution in [0.25, 0.3) is 10.2 Å². The Morgan fingerprint density at radius 2 is 2.21 bits per heavy atom. The van der Waals surface area contributed by atoms with E-state index in [1.165, 1.54) is 11.3 Å². The number of hydrogen-bond acceptors (Lipinski definition) is 5. The predicted octanol–water partition coefficient (Wildman–Crippen LogP) is 3.07. The van der Waals surface area contributed by atoms with Crippen LogP contribution in [0, 0.1) is 5.92 Å². The molecule has 0 radical (unpaired) electrons. The van der Waals surface area contributed by atoms with Gasteiger partial charge in [0.15, 0.2) is 0 Å². The van der Waals surface area contributed by atoms with Crippen molar-refractivity contribution in [1.29, 1.82) is 0 Å². The van der Waals surface area contributed by atoms with Crippen LogP contribution in [0.1, 0.15) is 32.1 Å². The second-order valence-corrected chi connectivity index (χ2v) is 6.65. The molecule has 1 fully saturated rings. The molecule has 2 aromatic heterocycles. The molecule has 0 spiro atoms. The molecule has 0 bridgehead atoms. The zero-order valence-electron chi connectivity index (χ0n) is 11.7. The molecule has 1 aliphatic rings. The number of aryl methyl sites for hydroxylation is 1. The molecule has 0 aliphatic carbocycles. The van der Waals surface area contributed by atoms with Crippen molar-refractivity contribution < 1.29 is 0 Å². The number of thiophene rings is 1. The third-order valence-corrected chi connectivity index (χ3v) is 5.02. The van der Waals surface area contributed by atoms with Gasteiger partial charge in [-0.15, -0.1) is 11.3 Å². The maximum absolute atomic E-state index is 5.88. The van der Waals surface area contributed by atoms with Crippen LogP contribution in [0.2, 0.25) is 0 Å². The van der Waals surface area contributed by atoms with Crippen LogP contribution in [0.15, 0.2) is 6.07 Å². The molecule has 2 unspecified atom stereocenters. The zero-order valence-corrected chi connectivity index (χ0v) is 12.5. The minimum absolute atomic E-state index is 0.388. The third-order valence-electron chi connectivity index (χ3n) is 3.85. The van der Waals surface area contributed by atoms with Gasteiger partial charge in [-0.2, -0.15) is 4.98 Å². The summed E-state index contributed by atoms with van der Waals surface area (Å²) in [7, 11) is 0. The lowest BCUT2D eigenvalue weighted by atomic mass is 10.1. The summed E-state index contributed by atoms with van der Waals surface area (Å²) in [4.78, 5) is 13.6. The Morgan fingerprint density at radius 1 is 1.42 bits per heavy atom. The van der Waals surface area contributed by atoms with E-state index in [4.69, 9.17) is 5.73 Å². The van der Waals surface area contributed by atoms with Gasteiger partial charge in [0, 0.05) is 17.5 Å². The number of anilines is 2. The van der Waals surface area contributed by atoms with E-state index >= 15 is 0 Å². The maximum atomic E-state index is 5.88. The Kier molecular flexibility index (Phi) is 3.09. The van der Waals surface area contributed by atoms with Crippen LogP contribution in [-0.2, 0) is 6.42 Å². The molecule has 2 aromatic rings.